The lowest BCUT2D eigenvalue weighted by Crippen LogP contribution is -2.62. The van der Waals surface area contributed by atoms with Gasteiger partial charge in [0.15, 0.2) is 0 Å². The highest BCUT2D eigenvalue weighted by Gasteiger charge is 2.34. The molecule has 0 unspecified atom stereocenters. The van der Waals surface area contributed by atoms with Crippen LogP contribution >= 0.6 is 11.6 Å². The third-order valence-corrected chi connectivity index (χ3v) is 2.92. The lowest BCUT2D eigenvalue weighted by Gasteiger charge is -2.39. The largest absolute Gasteiger partial charge is 0.495 e. The third kappa shape index (κ3) is 1.47. The molecule has 0 radical (unpaired) electrons. The Labute approximate surface area is 88.2 Å². The van der Waals surface area contributed by atoms with Crippen LogP contribution in [0, 0.1) is 0 Å². The van der Waals surface area contributed by atoms with Crippen LogP contribution < -0.4 is 15.8 Å². The molecule has 0 aromatic heterocycles. The summed E-state index contributed by atoms with van der Waals surface area (Å²) >= 11 is 5.93. The Hall–Kier alpha value is -0.770. The molecule has 3 N–H and O–H groups in total. The van der Waals surface area contributed by atoms with Crippen LogP contribution in [0.25, 0.3) is 0 Å². The SMILES string of the molecule is COc1cc(C2(N)CNC2)ccc1Cl. The van der Waals surface area contributed by atoms with E-state index in [4.69, 9.17) is 22.1 Å². The molecular weight excluding hydrogens is 200 g/mol. The van der Waals surface area contributed by atoms with Gasteiger partial charge in [-0.1, -0.05) is 17.7 Å². The Bertz CT molecular complexity index is 350. The number of hydrogen-bond donors (Lipinski definition) is 2. The molecule has 1 heterocycles. The molecule has 1 fully saturated rings. The summed E-state index contributed by atoms with van der Waals surface area (Å²) in [5, 5.41) is 3.77. The number of hydrogen-bond acceptors (Lipinski definition) is 3. The molecule has 1 aliphatic rings. The predicted molar refractivity (Wildman–Crippen MR) is 56.7 cm³/mol. The molecule has 1 aromatic rings. The molecule has 76 valence electrons. The first-order chi connectivity index (χ1) is 6.65. The van der Waals surface area contributed by atoms with E-state index in [1.807, 2.05) is 18.2 Å². The number of benzene rings is 1. The van der Waals surface area contributed by atoms with E-state index in [-0.39, 0.29) is 5.54 Å². The fraction of sp³-hybridized carbons (Fsp3) is 0.400. The van der Waals surface area contributed by atoms with Crippen LogP contribution in [0.2, 0.25) is 5.02 Å². The predicted octanol–water partition coefficient (Wildman–Crippen LogP) is 1.11. The Morgan fingerprint density at radius 1 is 1.50 bits per heavy atom. The van der Waals surface area contributed by atoms with E-state index in [0.29, 0.717) is 10.8 Å². The quantitative estimate of drug-likeness (QED) is 0.772. The van der Waals surface area contributed by atoms with Gasteiger partial charge >= 0.3 is 0 Å². The van der Waals surface area contributed by atoms with Crippen molar-refractivity contribution < 1.29 is 4.74 Å². The van der Waals surface area contributed by atoms with E-state index in [9.17, 15) is 0 Å². The zero-order valence-corrected chi connectivity index (χ0v) is 8.77. The molecule has 0 spiro atoms. The molecule has 3 nitrogen and oxygen atoms in total. The lowest BCUT2D eigenvalue weighted by atomic mass is 9.85. The fourth-order valence-corrected chi connectivity index (χ4v) is 1.76. The zero-order chi connectivity index (χ0) is 10.2. The maximum atomic E-state index is 6.14. The lowest BCUT2D eigenvalue weighted by molar-refractivity contribution is 0.286. The second-order valence-corrected chi connectivity index (χ2v) is 4.02. The van der Waals surface area contributed by atoms with Crippen LogP contribution in [0.3, 0.4) is 0 Å². The minimum atomic E-state index is -0.252. The standard InChI is InChI=1S/C10H13ClN2O/c1-14-9-4-7(2-3-8(9)11)10(12)5-13-6-10/h2-4,13H,5-6,12H2,1H3. The van der Waals surface area contributed by atoms with Gasteiger partial charge in [0.2, 0.25) is 0 Å². The van der Waals surface area contributed by atoms with Crippen molar-refractivity contribution in [2.24, 2.45) is 5.73 Å². The molecule has 2 rings (SSSR count). The van der Waals surface area contributed by atoms with Crippen molar-refractivity contribution in [2.75, 3.05) is 20.2 Å². The van der Waals surface area contributed by atoms with Crippen LogP contribution in [0.1, 0.15) is 5.56 Å². The minimum absolute atomic E-state index is 0.252. The first-order valence-electron chi connectivity index (χ1n) is 4.49. The molecule has 1 aromatic carbocycles. The van der Waals surface area contributed by atoms with Crippen molar-refractivity contribution >= 4 is 11.6 Å². The first-order valence-corrected chi connectivity index (χ1v) is 4.87. The number of nitrogens with two attached hydrogens (primary N) is 1. The average Bonchev–Trinajstić information content (AvgIpc) is 2.15. The van der Waals surface area contributed by atoms with Gasteiger partial charge in [-0.05, 0) is 17.7 Å². The Balaban J connectivity index is 2.35. The highest BCUT2D eigenvalue weighted by Crippen LogP contribution is 2.30. The summed E-state index contributed by atoms with van der Waals surface area (Å²) in [6.45, 7) is 1.61. The topological polar surface area (TPSA) is 47.3 Å². The monoisotopic (exact) mass is 212 g/mol. The van der Waals surface area contributed by atoms with Crippen LogP contribution in [0.4, 0.5) is 0 Å². The molecule has 0 bridgehead atoms. The van der Waals surface area contributed by atoms with Crippen LogP contribution in [0.15, 0.2) is 18.2 Å². The summed E-state index contributed by atoms with van der Waals surface area (Å²) in [6, 6.07) is 5.68. The molecule has 0 atom stereocenters. The number of rotatable bonds is 2. The van der Waals surface area contributed by atoms with Gasteiger partial charge in [0, 0.05) is 13.1 Å². The van der Waals surface area contributed by atoms with E-state index < -0.39 is 0 Å². The minimum Gasteiger partial charge on any atom is -0.495 e. The molecule has 1 saturated heterocycles. The van der Waals surface area contributed by atoms with Gasteiger partial charge < -0.3 is 15.8 Å². The maximum absolute atomic E-state index is 6.14. The first kappa shape index (κ1) is 9.77. The summed E-state index contributed by atoms with van der Waals surface area (Å²) in [4.78, 5) is 0. The summed E-state index contributed by atoms with van der Waals surface area (Å²) in [6.07, 6.45) is 0. The molecule has 14 heavy (non-hydrogen) atoms. The van der Waals surface area contributed by atoms with Crippen molar-refractivity contribution in [3.05, 3.63) is 28.8 Å². The Morgan fingerprint density at radius 2 is 2.21 bits per heavy atom. The normalized spacial score (nSPS) is 18.8. The number of halogens is 1. The van der Waals surface area contributed by atoms with Crippen molar-refractivity contribution in [3.8, 4) is 5.75 Å². The third-order valence-electron chi connectivity index (χ3n) is 2.61. The molecule has 0 saturated carbocycles. The van der Waals surface area contributed by atoms with Crippen LogP contribution in [-0.4, -0.2) is 20.2 Å². The summed E-state index contributed by atoms with van der Waals surface area (Å²) < 4.78 is 5.14. The van der Waals surface area contributed by atoms with E-state index in [0.717, 1.165) is 18.7 Å². The zero-order valence-electron chi connectivity index (χ0n) is 8.01. The van der Waals surface area contributed by atoms with Gasteiger partial charge in [-0.25, -0.2) is 0 Å². The van der Waals surface area contributed by atoms with Gasteiger partial charge in [-0.3, -0.25) is 0 Å². The van der Waals surface area contributed by atoms with Crippen molar-refractivity contribution in [1.29, 1.82) is 0 Å². The molecule has 4 heteroatoms. The Morgan fingerprint density at radius 3 is 2.71 bits per heavy atom. The number of nitrogens with one attached hydrogen (secondary N) is 1. The smallest absolute Gasteiger partial charge is 0.137 e. The number of ether oxygens (including phenoxy) is 1. The highest BCUT2D eigenvalue weighted by atomic mass is 35.5. The van der Waals surface area contributed by atoms with Gasteiger partial charge in [-0.2, -0.15) is 0 Å². The van der Waals surface area contributed by atoms with Crippen molar-refractivity contribution in [2.45, 2.75) is 5.54 Å². The van der Waals surface area contributed by atoms with Gasteiger partial charge in [0.1, 0.15) is 5.75 Å². The fourth-order valence-electron chi connectivity index (χ4n) is 1.57. The average molecular weight is 213 g/mol. The van der Waals surface area contributed by atoms with Crippen LogP contribution in [-0.2, 0) is 5.54 Å². The highest BCUT2D eigenvalue weighted by molar-refractivity contribution is 6.32. The Kier molecular flexibility index (Phi) is 2.39. The second-order valence-electron chi connectivity index (χ2n) is 3.61. The molecular formula is C10H13ClN2O. The molecule has 1 aliphatic heterocycles. The van der Waals surface area contributed by atoms with Gasteiger partial charge in [0.05, 0.1) is 17.7 Å². The number of methoxy groups -OCH3 is 1. The van der Waals surface area contributed by atoms with E-state index in [1.165, 1.54) is 0 Å². The van der Waals surface area contributed by atoms with Gasteiger partial charge in [0.25, 0.3) is 0 Å². The molecule has 0 aliphatic carbocycles. The van der Waals surface area contributed by atoms with E-state index in [2.05, 4.69) is 5.32 Å². The van der Waals surface area contributed by atoms with Crippen molar-refractivity contribution in [1.82, 2.24) is 5.32 Å². The van der Waals surface area contributed by atoms with Gasteiger partial charge in [-0.15, -0.1) is 0 Å². The van der Waals surface area contributed by atoms with E-state index in [1.54, 1.807) is 7.11 Å². The summed E-state index contributed by atoms with van der Waals surface area (Å²) in [5.41, 5.74) is 6.95. The second kappa shape index (κ2) is 3.42. The van der Waals surface area contributed by atoms with Crippen molar-refractivity contribution in [3.63, 3.8) is 0 Å². The maximum Gasteiger partial charge on any atom is 0.137 e. The van der Waals surface area contributed by atoms with Crippen LogP contribution in [0.5, 0.6) is 5.75 Å². The molecule has 0 amide bonds. The van der Waals surface area contributed by atoms with E-state index >= 15 is 0 Å². The summed E-state index contributed by atoms with van der Waals surface area (Å²) in [5.74, 6) is 0.681. The summed E-state index contributed by atoms with van der Waals surface area (Å²) in [7, 11) is 1.60.